The Morgan fingerprint density at radius 3 is 2.80 bits per heavy atom. The van der Waals surface area contributed by atoms with Gasteiger partial charge in [-0.2, -0.15) is 0 Å². The van der Waals surface area contributed by atoms with Crippen molar-refractivity contribution in [1.82, 2.24) is 0 Å². The molecule has 2 aromatic rings. The zero-order valence-electron chi connectivity index (χ0n) is 10.2. The first-order valence-electron chi connectivity index (χ1n) is 5.63. The molecule has 0 aromatic heterocycles. The molecule has 0 saturated heterocycles. The van der Waals surface area contributed by atoms with Gasteiger partial charge in [-0.25, -0.2) is 9.18 Å². The van der Waals surface area contributed by atoms with E-state index in [4.69, 9.17) is 22.1 Å². The monoisotopic (exact) mass is 357 g/mol. The molecule has 0 spiro atoms. The van der Waals surface area contributed by atoms with Gasteiger partial charge in [0.05, 0.1) is 5.56 Å². The van der Waals surface area contributed by atoms with Crippen molar-refractivity contribution >= 4 is 39.2 Å². The van der Waals surface area contributed by atoms with Crippen LogP contribution in [0.2, 0.25) is 5.02 Å². The van der Waals surface area contributed by atoms with Crippen LogP contribution in [0, 0.1) is 5.82 Å². The van der Waals surface area contributed by atoms with E-state index in [0.29, 0.717) is 9.50 Å². The highest BCUT2D eigenvalue weighted by Crippen LogP contribution is 2.20. The van der Waals surface area contributed by atoms with Gasteiger partial charge in [-0.05, 0) is 36.4 Å². The van der Waals surface area contributed by atoms with Gasteiger partial charge in [0.15, 0.2) is 0 Å². The molecular formula is C14H10BrClFNO2. The van der Waals surface area contributed by atoms with E-state index < -0.39 is 11.8 Å². The molecule has 0 aliphatic carbocycles. The number of rotatable bonds is 3. The second-order valence-corrected chi connectivity index (χ2v) is 5.40. The van der Waals surface area contributed by atoms with Crippen LogP contribution in [0.4, 0.5) is 10.1 Å². The van der Waals surface area contributed by atoms with Crippen molar-refractivity contribution in [3.8, 4) is 0 Å². The van der Waals surface area contributed by atoms with Gasteiger partial charge >= 0.3 is 5.97 Å². The van der Waals surface area contributed by atoms with E-state index in [1.165, 1.54) is 18.2 Å². The lowest BCUT2D eigenvalue weighted by atomic mass is 10.2. The van der Waals surface area contributed by atoms with Crippen molar-refractivity contribution in [2.45, 2.75) is 6.61 Å². The molecule has 0 bridgehead atoms. The molecule has 0 aliphatic rings. The Bertz CT molecular complexity index is 664. The smallest absolute Gasteiger partial charge is 0.340 e. The second-order valence-electron chi connectivity index (χ2n) is 4.04. The van der Waals surface area contributed by atoms with Gasteiger partial charge in [-0.1, -0.05) is 27.5 Å². The van der Waals surface area contributed by atoms with Crippen LogP contribution in [0.25, 0.3) is 0 Å². The number of ether oxygens (including phenoxy) is 1. The third-order valence-corrected chi connectivity index (χ3v) is 3.33. The summed E-state index contributed by atoms with van der Waals surface area (Å²) in [5, 5.41) is 0.375. The highest BCUT2D eigenvalue weighted by Gasteiger charge is 2.13. The molecule has 3 nitrogen and oxygen atoms in total. The van der Waals surface area contributed by atoms with Crippen LogP contribution in [-0.4, -0.2) is 5.97 Å². The summed E-state index contributed by atoms with van der Waals surface area (Å²) < 4.78 is 19.3. The van der Waals surface area contributed by atoms with Gasteiger partial charge < -0.3 is 10.5 Å². The normalized spacial score (nSPS) is 10.3. The van der Waals surface area contributed by atoms with Crippen LogP contribution in [0.15, 0.2) is 40.9 Å². The third-order valence-electron chi connectivity index (χ3n) is 2.60. The number of nitrogens with two attached hydrogens (primary N) is 1. The summed E-state index contributed by atoms with van der Waals surface area (Å²) in [7, 11) is 0. The second kappa shape index (κ2) is 6.24. The number of anilines is 1. The lowest BCUT2D eigenvalue weighted by Crippen LogP contribution is -2.09. The minimum Gasteiger partial charge on any atom is -0.457 e. The fourth-order valence-corrected chi connectivity index (χ4v) is 2.16. The summed E-state index contributed by atoms with van der Waals surface area (Å²) in [6.07, 6.45) is 0. The van der Waals surface area contributed by atoms with Gasteiger partial charge in [0.25, 0.3) is 0 Å². The molecule has 0 heterocycles. The highest BCUT2D eigenvalue weighted by molar-refractivity contribution is 9.10. The SMILES string of the molecule is Nc1ccc(Cl)cc1C(=O)OCc1cc(Br)ccc1F. The number of benzene rings is 2. The van der Waals surface area contributed by atoms with Crippen molar-refractivity contribution in [2.24, 2.45) is 0 Å². The molecule has 104 valence electrons. The number of hydrogen-bond acceptors (Lipinski definition) is 3. The first kappa shape index (κ1) is 14.8. The summed E-state index contributed by atoms with van der Waals surface area (Å²) in [6, 6.07) is 8.90. The van der Waals surface area contributed by atoms with Gasteiger partial charge in [0, 0.05) is 20.7 Å². The maximum Gasteiger partial charge on any atom is 0.340 e. The molecule has 0 atom stereocenters. The number of hydrogen-bond donors (Lipinski definition) is 1. The molecule has 20 heavy (non-hydrogen) atoms. The molecule has 0 saturated carbocycles. The van der Waals surface area contributed by atoms with Gasteiger partial charge in [-0.3, -0.25) is 0 Å². The number of halogens is 3. The zero-order valence-corrected chi connectivity index (χ0v) is 12.5. The van der Waals surface area contributed by atoms with Crippen molar-refractivity contribution in [2.75, 3.05) is 5.73 Å². The largest absolute Gasteiger partial charge is 0.457 e. The van der Waals surface area contributed by atoms with Crippen molar-refractivity contribution in [1.29, 1.82) is 0 Å². The fraction of sp³-hybridized carbons (Fsp3) is 0.0714. The van der Waals surface area contributed by atoms with Crippen LogP contribution in [-0.2, 0) is 11.3 Å². The predicted octanol–water partition coefficient (Wildman–Crippen LogP) is 4.18. The summed E-state index contributed by atoms with van der Waals surface area (Å²) in [4.78, 5) is 11.9. The minimum absolute atomic E-state index is 0.160. The molecule has 0 radical (unpaired) electrons. The summed E-state index contributed by atoms with van der Waals surface area (Å²) in [5.41, 5.74) is 6.36. The Labute approximate surface area is 128 Å². The molecule has 0 fully saturated rings. The zero-order chi connectivity index (χ0) is 14.7. The van der Waals surface area contributed by atoms with E-state index in [-0.39, 0.29) is 23.4 Å². The van der Waals surface area contributed by atoms with Crippen LogP contribution >= 0.6 is 27.5 Å². The predicted molar refractivity (Wildman–Crippen MR) is 79.1 cm³/mol. The van der Waals surface area contributed by atoms with E-state index in [0.717, 1.165) is 0 Å². The molecule has 6 heteroatoms. The average Bonchev–Trinajstić information content (AvgIpc) is 2.42. The van der Waals surface area contributed by atoms with E-state index in [9.17, 15) is 9.18 Å². The number of carbonyl (C=O) groups excluding carboxylic acids is 1. The maximum absolute atomic E-state index is 13.5. The van der Waals surface area contributed by atoms with Gasteiger partial charge in [-0.15, -0.1) is 0 Å². The lowest BCUT2D eigenvalue weighted by molar-refractivity contribution is 0.0470. The van der Waals surface area contributed by atoms with Crippen molar-refractivity contribution < 1.29 is 13.9 Å². The van der Waals surface area contributed by atoms with Crippen LogP contribution < -0.4 is 5.73 Å². The number of nitrogen functional groups attached to an aromatic ring is 1. The molecule has 2 N–H and O–H groups in total. The maximum atomic E-state index is 13.5. The standard InChI is InChI=1S/C14H10BrClFNO2/c15-9-1-3-12(17)8(5-9)7-20-14(19)11-6-10(16)2-4-13(11)18/h1-6H,7,18H2. The number of esters is 1. The topological polar surface area (TPSA) is 52.3 Å². The summed E-state index contributed by atoms with van der Waals surface area (Å²) in [6.45, 7) is -0.184. The van der Waals surface area contributed by atoms with Gasteiger partial charge in [0.1, 0.15) is 12.4 Å². The Morgan fingerprint density at radius 2 is 2.05 bits per heavy atom. The molecule has 2 aromatic carbocycles. The highest BCUT2D eigenvalue weighted by atomic mass is 79.9. The van der Waals surface area contributed by atoms with Crippen molar-refractivity contribution in [3.63, 3.8) is 0 Å². The molecule has 0 unspecified atom stereocenters. The minimum atomic E-state index is -0.649. The first-order valence-corrected chi connectivity index (χ1v) is 6.80. The Balaban J connectivity index is 2.12. The van der Waals surface area contributed by atoms with Crippen molar-refractivity contribution in [3.05, 3.63) is 62.8 Å². The molecular weight excluding hydrogens is 349 g/mol. The lowest BCUT2D eigenvalue weighted by Gasteiger charge is -2.08. The number of carbonyl (C=O) groups is 1. The van der Waals surface area contributed by atoms with E-state index in [1.54, 1.807) is 18.2 Å². The first-order chi connectivity index (χ1) is 9.47. The van der Waals surface area contributed by atoms with Crippen LogP contribution in [0.5, 0.6) is 0 Å². The third kappa shape index (κ3) is 3.49. The average molecular weight is 359 g/mol. The quantitative estimate of drug-likeness (QED) is 0.661. The summed E-state index contributed by atoms with van der Waals surface area (Å²) in [5.74, 6) is -1.09. The molecule has 2 rings (SSSR count). The Morgan fingerprint density at radius 1 is 1.30 bits per heavy atom. The fourth-order valence-electron chi connectivity index (χ4n) is 1.58. The molecule has 0 aliphatic heterocycles. The Kier molecular flexibility index (Phi) is 4.62. The van der Waals surface area contributed by atoms with E-state index in [1.807, 2.05) is 0 Å². The van der Waals surface area contributed by atoms with Crippen LogP contribution in [0.1, 0.15) is 15.9 Å². The summed E-state index contributed by atoms with van der Waals surface area (Å²) >= 11 is 9.02. The Hall–Kier alpha value is -1.59. The van der Waals surface area contributed by atoms with Gasteiger partial charge in [0.2, 0.25) is 0 Å². The van der Waals surface area contributed by atoms with Crippen LogP contribution in [0.3, 0.4) is 0 Å². The van der Waals surface area contributed by atoms with E-state index in [2.05, 4.69) is 15.9 Å². The van der Waals surface area contributed by atoms with E-state index >= 15 is 0 Å². The molecule has 0 amide bonds.